The summed E-state index contributed by atoms with van der Waals surface area (Å²) in [4.78, 5) is 54.8. The summed E-state index contributed by atoms with van der Waals surface area (Å²) in [5.41, 5.74) is -2.50. The van der Waals surface area contributed by atoms with Crippen LogP contribution in [0, 0.1) is 11.8 Å². The lowest BCUT2D eigenvalue weighted by atomic mass is 9.91. The summed E-state index contributed by atoms with van der Waals surface area (Å²) in [6.07, 6.45) is 0.260. The van der Waals surface area contributed by atoms with E-state index in [4.69, 9.17) is 21.1 Å². The molecule has 3 saturated heterocycles. The van der Waals surface area contributed by atoms with Gasteiger partial charge in [0.25, 0.3) is 5.91 Å². The molecule has 0 saturated carbocycles. The number of alkyl halides is 1. The maximum atomic E-state index is 14.3. The molecule has 5 aliphatic rings. The Kier molecular flexibility index (Phi) is 7.77. The molecule has 0 aliphatic carbocycles. The van der Waals surface area contributed by atoms with E-state index >= 15 is 0 Å². The number of fused-ring (bicyclic) bond motifs is 1. The lowest BCUT2D eigenvalue weighted by molar-refractivity contribution is -0.156. The number of rotatable bonds is 8. The number of aliphatic carboxylic acids is 2. The van der Waals surface area contributed by atoms with E-state index in [2.05, 4.69) is 0 Å². The van der Waals surface area contributed by atoms with Crippen LogP contribution in [0.4, 0.5) is 0 Å². The van der Waals surface area contributed by atoms with E-state index in [9.17, 15) is 39.6 Å². The molecule has 15 heteroatoms. The van der Waals surface area contributed by atoms with Crippen molar-refractivity contribution < 1.29 is 49.1 Å². The average Bonchev–Trinajstić information content (AvgIpc) is 3.62. The number of aliphatic hydroxyl groups excluding tert-OH is 2. The molecule has 0 radical (unpaired) electrons. The summed E-state index contributed by atoms with van der Waals surface area (Å²) in [7, 11) is 0. The Morgan fingerprint density at radius 1 is 1.00 bits per heavy atom. The number of halogens is 1. The van der Waals surface area contributed by atoms with Crippen LogP contribution in [0.15, 0.2) is 21.2 Å². The van der Waals surface area contributed by atoms with Crippen LogP contribution in [0.1, 0.15) is 32.6 Å². The number of carbonyl (C=O) groups excluding carboxylic acids is 2. The summed E-state index contributed by atoms with van der Waals surface area (Å²) in [5, 5.41) is 38.4. The lowest BCUT2D eigenvalue weighted by Crippen LogP contribution is -2.62. The third-order valence-corrected chi connectivity index (χ3v) is 10.4. The molecule has 5 rings (SSSR count). The van der Waals surface area contributed by atoms with Crippen LogP contribution >= 0.6 is 35.1 Å². The zero-order valence-electron chi connectivity index (χ0n) is 20.2. The predicted molar refractivity (Wildman–Crippen MR) is 134 cm³/mol. The second-order valence-electron chi connectivity index (χ2n) is 9.64. The topological polar surface area (TPSA) is 174 Å². The fourth-order valence-corrected chi connectivity index (χ4v) is 9.11. The SMILES string of the molecule is C[C@@H](O)[C@H]1C(=O)N2C(C(=O)N3C(C(=O)O)=C([C@H]4CCCO4)S[C@@H]3[C@H](C(=O)O)[C@H](O)Cl)=C([C@H]3CCCO3)S[C@H]12. The second kappa shape index (κ2) is 10.6. The van der Waals surface area contributed by atoms with E-state index in [1.54, 1.807) is 0 Å². The number of amides is 2. The highest BCUT2D eigenvalue weighted by Crippen LogP contribution is 2.55. The van der Waals surface area contributed by atoms with Crippen LogP contribution in [-0.2, 0) is 28.7 Å². The Labute approximate surface area is 230 Å². The van der Waals surface area contributed by atoms with Gasteiger partial charge in [-0.05, 0) is 32.6 Å². The standard InChI is InChI=1S/C23H27ClN2O10S2/c1-8(27)11-18(29)25-13(15(37-20(11)25)9-4-2-6-35-9)19(30)26-14(23(33)34)16(10-5-3-7-36-10)38-21(26)12(17(24)28)22(31)32/h8-12,17,20-21,27-28H,2-7H2,1H3,(H,31,32)(H,33,34)/t8-,9-,10-,11+,12-,17+,20-,21-/m1/s1. The third kappa shape index (κ3) is 4.43. The molecule has 3 fully saturated rings. The van der Waals surface area contributed by atoms with Gasteiger partial charge in [0, 0.05) is 23.0 Å². The Hall–Kier alpha value is -1.81. The molecule has 8 atom stereocenters. The van der Waals surface area contributed by atoms with E-state index in [0.29, 0.717) is 37.4 Å². The van der Waals surface area contributed by atoms with E-state index in [1.165, 1.54) is 23.6 Å². The van der Waals surface area contributed by atoms with Crippen molar-refractivity contribution in [3.05, 3.63) is 21.2 Å². The summed E-state index contributed by atoms with van der Waals surface area (Å²) in [6, 6.07) is 0. The first kappa shape index (κ1) is 27.7. The number of hydrogen-bond donors (Lipinski definition) is 4. The Bertz CT molecular complexity index is 1120. The number of carboxylic acid groups (broad SMARTS) is 2. The van der Waals surface area contributed by atoms with Gasteiger partial charge in [0.15, 0.2) is 0 Å². The number of ether oxygens (including phenoxy) is 2. The summed E-state index contributed by atoms with van der Waals surface area (Å²) >= 11 is 7.88. The van der Waals surface area contributed by atoms with Crippen LogP contribution in [0.25, 0.3) is 0 Å². The summed E-state index contributed by atoms with van der Waals surface area (Å²) in [5.74, 6) is -6.93. The molecule has 12 nitrogen and oxygen atoms in total. The smallest absolute Gasteiger partial charge is 0.353 e. The predicted octanol–water partition coefficient (Wildman–Crippen LogP) is 0.924. The number of nitrogens with zero attached hydrogens (tertiary/aromatic N) is 2. The van der Waals surface area contributed by atoms with Crippen LogP contribution in [0.5, 0.6) is 0 Å². The quantitative estimate of drug-likeness (QED) is 0.233. The molecule has 0 spiro atoms. The van der Waals surface area contributed by atoms with Gasteiger partial charge in [-0.25, -0.2) is 4.79 Å². The molecular formula is C23H27ClN2O10S2. The highest BCUT2D eigenvalue weighted by molar-refractivity contribution is 8.04. The van der Waals surface area contributed by atoms with Gasteiger partial charge in [-0.2, -0.15) is 0 Å². The number of carboxylic acids is 2. The number of thioether (sulfide) groups is 2. The number of carbonyl (C=O) groups is 4. The van der Waals surface area contributed by atoms with Crippen LogP contribution < -0.4 is 0 Å². The fourth-order valence-electron chi connectivity index (χ4n) is 5.47. The van der Waals surface area contributed by atoms with Crippen molar-refractivity contribution >= 4 is 58.9 Å². The first-order chi connectivity index (χ1) is 18.0. The summed E-state index contributed by atoms with van der Waals surface area (Å²) in [6.45, 7) is 2.30. The molecule has 0 aromatic heterocycles. The average molecular weight is 591 g/mol. The van der Waals surface area contributed by atoms with Crippen LogP contribution in [0.3, 0.4) is 0 Å². The highest BCUT2D eigenvalue weighted by atomic mass is 35.5. The Morgan fingerprint density at radius 2 is 1.58 bits per heavy atom. The molecule has 0 aromatic carbocycles. The maximum absolute atomic E-state index is 14.3. The molecule has 2 amide bonds. The molecule has 0 aromatic rings. The van der Waals surface area contributed by atoms with Gasteiger partial charge >= 0.3 is 11.9 Å². The minimum absolute atomic E-state index is 0.0973. The van der Waals surface area contributed by atoms with E-state index in [0.717, 1.165) is 23.1 Å². The zero-order valence-corrected chi connectivity index (χ0v) is 22.6. The van der Waals surface area contributed by atoms with Crippen molar-refractivity contribution in [2.24, 2.45) is 11.8 Å². The number of β-lactam (4-membered cyclic amide) rings is 1. The van der Waals surface area contributed by atoms with Crippen molar-refractivity contribution in [2.75, 3.05) is 13.2 Å². The van der Waals surface area contributed by atoms with Gasteiger partial charge in [-0.1, -0.05) is 35.1 Å². The van der Waals surface area contributed by atoms with E-state index < -0.39 is 75.9 Å². The molecule has 5 aliphatic heterocycles. The molecule has 5 heterocycles. The van der Waals surface area contributed by atoms with Gasteiger partial charge in [-0.15, -0.1) is 0 Å². The zero-order chi connectivity index (χ0) is 27.5. The largest absolute Gasteiger partial charge is 0.481 e. The Morgan fingerprint density at radius 3 is 2.03 bits per heavy atom. The second-order valence-corrected chi connectivity index (χ2v) is 12.4. The lowest BCUT2D eigenvalue weighted by Gasteiger charge is -2.44. The van der Waals surface area contributed by atoms with Crippen LogP contribution in [-0.4, -0.2) is 102 Å². The first-order valence-electron chi connectivity index (χ1n) is 12.2. The molecule has 0 bridgehead atoms. The minimum atomic E-state index is -1.94. The fraction of sp³-hybridized carbons (Fsp3) is 0.652. The van der Waals surface area contributed by atoms with Gasteiger partial charge < -0.3 is 29.9 Å². The summed E-state index contributed by atoms with van der Waals surface area (Å²) < 4.78 is 11.5. The molecule has 38 heavy (non-hydrogen) atoms. The van der Waals surface area contributed by atoms with Gasteiger partial charge in [0.1, 0.15) is 33.6 Å². The molecular weight excluding hydrogens is 564 g/mol. The minimum Gasteiger partial charge on any atom is -0.481 e. The third-order valence-electron chi connectivity index (χ3n) is 7.26. The van der Waals surface area contributed by atoms with Gasteiger partial charge in [0.2, 0.25) is 5.91 Å². The molecule has 208 valence electrons. The molecule has 0 unspecified atom stereocenters. The van der Waals surface area contributed by atoms with E-state index in [1.807, 2.05) is 0 Å². The van der Waals surface area contributed by atoms with Gasteiger partial charge in [-0.3, -0.25) is 24.2 Å². The number of aliphatic hydroxyl groups is 2. The van der Waals surface area contributed by atoms with Crippen LogP contribution in [0.2, 0.25) is 0 Å². The van der Waals surface area contributed by atoms with Crippen molar-refractivity contribution in [1.82, 2.24) is 9.80 Å². The monoisotopic (exact) mass is 590 g/mol. The highest BCUT2D eigenvalue weighted by Gasteiger charge is 2.61. The van der Waals surface area contributed by atoms with Crippen molar-refractivity contribution in [3.63, 3.8) is 0 Å². The van der Waals surface area contributed by atoms with Crippen molar-refractivity contribution in [2.45, 2.75) is 67.2 Å². The normalized spacial score (nSPS) is 33.5. The molecule has 4 N–H and O–H groups in total. The first-order valence-corrected chi connectivity index (χ1v) is 14.4. The Balaban J connectivity index is 1.62. The van der Waals surface area contributed by atoms with Crippen molar-refractivity contribution in [1.29, 1.82) is 0 Å². The van der Waals surface area contributed by atoms with Gasteiger partial charge in [0.05, 0.1) is 24.2 Å². The number of hydrogen-bond acceptors (Lipinski definition) is 10. The van der Waals surface area contributed by atoms with E-state index in [-0.39, 0.29) is 10.6 Å². The van der Waals surface area contributed by atoms with Crippen molar-refractivity contribution in [3.8, 4) is 0 Å². The maximum Gasteiger partial charge on any atom is 0.353 e.